The molecule has 1 saturated heterocycles. The summed E-state index contributed by atoms with van der Waals surface area (Å²) >= 11 is 0. The lowest BCUT2D eigenvalue weighted by molar-refractivity contribution is -0.196. The zero-order valence-electron chi connectivity index (χ0n) is 12.1. The van der Waals surface area contributed by atoms with Crippen molar-refractivity contribution in [1.82, 2.24) is 4.90 Å². The summed E-state index contributed by atoms with van der Waals surface area (Å²) in [5, 5.41) is 0. The van der Waals surface area contributed by atoms with E-state index in [0.717, 1.165) is 0 Å². The molecule has 0 aromatic carbocycles. The average Bonchev–Trinajstić information content (AvgIpc) is 2.11. The molecule has 0 aromatic heterocycles. The molecule has 4 nitrogen and oxygen atoms in total. The normalized spacial score (nSPS) is 23.6. The number of carbonyl (C=O) groups is 1. The summed E-state index contributed by atoms with van der Waals surface area (Å²) in [6, 6.07) is 0. The molecule has 17 heavy (non-hydrogen) atoms. The third-order valence-electron chi connectivity index (χ3n) is 3.01. The summed E-state index contributed by atoms with van der Waals surface area (Å²) in [5.74, 6) is 0.0180. The van der Waals surface area contributed by atoms with Crippen LogP contribution < -0.4 is 0 Å². The molecular formula is C13H25NO3. The minimum atomic E-state index is -0.774. The number of amides is 1. The van der Waals surface area contributed by atoms with Crippen LogP contribution in [0.1, 0.15) is 41.5 Å². The maximum Gasteiger partial charge on any atom is 0.254 e. The van der Waals surface area contributed by atoms with E-state index >= 15 is 0 Å². The van der Waals surface area contributed by atoms with Crippen LogP contribution >= 0.6 is 0 Å². The van der Waals surface area contributed by atoms with Crippen molar-refractivity contribution in [3.63, 3.8) is 0 Å². The zero-order valence-corrected chi connectivity index (χ0v) is 12.1. The lowest BCUT2D eigenvalue weighted by Crippen LogP contribution is -2.61. The van der Waals surface area contributed by atoms with Gasteiger partial charge in [-0.25, -0.2) is 0 Å². The Bertz CT molecular complexity index is 292. The number of methoxy groups -OCH3 is 1. The maximum atomic E-state index is 12.4. The van der Waals surface area contributed by atoms with Crippen molar-refractivity contribution in [2.45, 2.75) is 58.3 Å². The molecule has 0 saturated carbocycles. The van der Waals surface area contributed by atoms with Crippen molar-refractivity contribution >= 4 is 5.91 Å². The van der Waals surface area contributed by atoms with Crippen molar-refractivity contribution in [2.75, 3.05) is 20.2 Å². The predicted octanol–water partition coefficient (Wildman–Crippen LogP) is 1.83. The van der Waals surface area contributed by atoms with Crippen molar-refractivity contribution < 1.29 is 14.3 Å². The Kier molecular flexibility index (Phi) is 3.61. The Hall–Kier alpha value is -0.610. The molecular weight excluding hydrogens is 218 g/mol. The molecule has 1 amide bonds. The SMILES string of the molecule is COC(C)(C)C(=O)N1CC(C)(C)OC(C)(C)C1. The Morgan fingerprint density at radius 2 is 1.59 bits per heavy atom. The van der Waals surface area contributed by atoms with E-state index in [1.807, 2.05) is 32.6 Å². The quantitative estimate of drug-likeness (QED) is 0.742. The zero-order chi connectivity index (χ0) is 13.5. The van der Waals surface area contributed by atoms with Crippen LogP contribution in [0, 0.1) is 0 Å². The van der Waals surface area contributed by atoms with Crippen LogP contribution in [0.5, 0.6) is 0 Å². The van der Waals surface area contributed by atoms with E-state index in [4.69, 9.17) is 9.47 Å². The molecule has 1 rings (SSSR count). The third kappa shape index (κ3) is 3.42. The summed E-state index contributed by atoms with van der Waals surface area (Å²) in [7, 11) is 1.56. The first kappa shape index (κ1) is 14.5. The molecule has 0 atom stereocenters. The molecule has 0 spiro atoms. The van der Waals surface area contributed by atoms with Gasteiger partial charge in [-0.1, -0.05) is 0 Å². The Morgan fingerprint density at radius 3 is 1.94 bits per heavy atom. The van der Waals surface area contributed by atoms with Gasteiger partial charge in [0, 0.05) is 20.2 Å². The van der Waals surface area contributed by atoms with Crippen molar-refractivity contribution in [1.29, 1.82) is 0 Å². The van der Waals surface area contributed by atoms with Gasteiger partial charge in [0.05, 0.1) is 11.2 Å². The van der Waals surface area contributed by atoms with Gasteiger partial charge in [-0.15, -0.1) is 0 Å². The molecule has 1 fully saturated rings. The molecule has 0 unspecified atom stereocenters. The lowest BCUT2D eigenvalue weighted by atomic mass is 9.96. The van der Waals surface area contributed by atoms with Crippen molar-refractivity contribution in [2.24, 2.45) is 0 Å². The largest absolute Gasteiger partial charge is 0.369 e. The smallest absolute Gasteiger partial charge is 0.254 e. The second-order valence-corrected chi connectivity index (χ2v) is 6.50. The highest BCUT2D eigenvalue weighted by molar-refractivity contribution is 5.84. The van der Waals surface area contributed by atoms with Crippen molar-refractivity contribution in [3.8, 4) is 0 Å². The van der Waals surface area contributed by atoms with Gasteiger partial charge in [0.1, 0.15) is 5.60 Å². The lowest BCUT2D eigenvalue weighted by Gasteiger charge is -2.48. The highest BCUT2D eigenvalue weighted by Gasteiger charge is 2.43. The van der Waals surface area contributed by atoms with E-state index in [9.17, 15) is 4.79 Å². The molecule has 1 heterocycles. The number of hydrogen-bond acceptors (Lipinski definition) is 3. The molecule has 100 valence electrons. The number of morpholine rings is 1. The van der Waals surface area contributed by atoms with Crippen molar-refractivity contribution in [3.05, 3.63) is 0 Å². The maximum absolute atomic E-state index is 12.4. The first-order valence-electron chi connectivity index (χ1n) is 6.04. The molecule has 1 aliphatic heterocycles. The van der Waals surface area contributed by atoms with Gasteiger partial charge in [0.25, 0.3) is 5.91 Å². The summed E-state index contributed by atoms with van der Waals surface area (Å²) in [4.78, 5) is 14.2. The summed E-state index contributed by atoms with van der Waals surface area (Å²) < 4.78 is 11.2. The predicted molar refractivity (Wildman–Crippen MR) is 66.9 cm³/mol. The van der Waals surface area contributed by atoms with Gasteiger partial charge in [-0.05, 0) is 41.5 Å². The van der Waals surface area contributed by atoms with E-state index < -0.39 is 5.60 Å². The molecule has 0 radical (unpaired) electrons. The molecule has 4 heteroatoms. The number of hydrogen-bond donors (Lipinski definition) is 0. The van der Waals surface area contributed by atoms with Crippen LogP contribution in [0.2, 0.25) is 0 Å². The van der Waals surface area contributed by atoms with Crippen LogP contribution in [0.15, 0.2) is 0 Å². The van der Waals surface area contributed by atoms with Crippen LogP contribution in [-0.2, 0) is 14.3 Å². The van der Waals surface area contributed by atoms with E-state index in [1.54, 1.807) is 21.0 Å². The van der Waals surface area contributed by atoms with Gasteiger partial charge in [0.15, 0.2) is 0 Å². The Balaban J connectivity index is 2.88. The Labute approximate surface area is 104 Å². The minimum absolute atomic E-state index is 0.0180. The van der Waals surface area contributed by atoms with Gasteiger partial charge in [0.2, 0.25) is 0 Å². The first-order valence-corrected chi connectivity index (χ1v) is 6.04. The van der Waals surface area contributed by atoms with Crippen LogP contribution in [0.25, 0.3) is 0 Å². The standard InChI is InChI=1S/C13H25NO3/c1-11(2)8-14(9-12(3,4)17-11)10(15)13(5,6)16-7/h8-9H2,1-7H3. The third-order valence-corrected chi connectivity index (χ3v) is 3.01. The second kappa shape index (κ2) is 4.25. The highest BCUT2D eigenvalue weighted by atomic mass is 16.5. The molecule has 0 N–H and O–H groups in total. The van der Waals surface area contributed by atoms with Gasteiger partial charge in [-0.3, -0.25) is 4.79 Å². The van der Waals surface area contributed by atoms with E-state index in [1.165, 1.54) is 0 Å². The number of carbonyl (C=O) groups excluding carboxylic acids is 1. The summed E-state index contributed by atoms with van der Waals surface area (Å²) in [5.41, 5.74) is -1.41. The molecule has 0 aromatic rings. The van der Waals surface area contributed by atoms with Crippen LogP contribution in [0.4, 0.5) is 0 Å². The molecule has 1 aliphatic rings. The van der Waals surface area contributed by atoms with Gasteiger partial charge in [-0.2, -0.15) is 0 Å². The summed E-state index contributed by atoms with van der Waals surface area (Å²) in [6.07, 6.45) is 0. The molecule has 0 bridgehead atoms. The van der Waals surface area contributed by atoms with Crippen LogP contribution in [0.3, 0.4) is 0 Å². The number of nitrogens with zero attached hydrogens (tertiary/aromatic N) is 1. The fourth-order valence-corrected chi connectivity index (χ4v) is 2.40. The number of rotatable bonds is 2. The topological polar surface area (TPSA) is 38.8 Å². The fourth-order valence-electron chi connectivity index (χ4n) is 2.40. The van der Waals surface area contributed by atoms with E-state index in [0.29, 0.717) is 13.1 Å². The second-order valence-electron chi connectivity index (χ2n) is 6.50. The monoisotopic (exact) mass is 243 g/mol. The average molecular weight is 243 g/mol. The Morgan fingerprint density at radius 1 is 1.18 bits per heavy atom. The van der Waals surface area contributed by atoms with Gasteiger partial charge < -0.3 is 14.4 Å². The minimum Gasteiger partial charge on any atom is -0.369 e. The highest BCUT2D eigenvalue weighted by Crippen LogP contribution is 2.29. The fraction of sp³-hybridized carbons (Fsp3) is 0.923. The molecule has 0 aliphatic carbocycles. The number of ether oxygens (including phenoxy) is 2. The van der Waals surface area contributed by atoms with E-state index in [2.05, 4.69) is 0 Å². The summed E-state index contributed by atoms with van der Waals surface area (Å²) in [6.45, 7) is 12.8. The first-order chi connectivity index (χ1) is 7.49. The van der Waals surface area contributed by atoms with Gasteiger partial charge >= 0.3 is 0 Å². The van der Waals surface area contributed by atoms with E-state index in [-0.39, 0.29) is 17.1 Å². The van der Waals surface area contributed by atoms with Crippen LogP contribution in [-0.4, -0.2) is 47.8 Å².